The van der Waals surface area contributed by atoms with Gasteiger partial charge in [-0.15, -0.1) is 0 Å². The molecule has 0 saturated carbocycles. The average Bonchev–Trinajstić information content (AvgIpc) is 3.57. The summed E-state index contributed by atoms with van der Waals surface area (Å²) >= 11 is 0. The molecule has 3 aromatic carbocycles. The fourth-order valence-electron chi connectivity index (χ4n) is 5.27. The highest BCUT2D eigenvalue weighted by atomic mass is 32.2. The van der Waals surface area contributed by atoms with E-state index in [1.54, 1.807) is 36.4 Å². The number of rotatable bonds is 8. The van der Waals surface area contributed by atoms with E-state index in [4.69, 9.17) is 15.2 Å². The van der Waals surface area contributed by atoms with Crippen molar-refractivity contribution in [1.29, 1.82) is 0 Å². The number of hydrogen-bond donors (Lipinski definition) is 1. The minimum atomic E-state index is -3.73. The number of carbonyl (C=O) groups is 1. The number of fused-ring (bicyclic) bond motifs is 1. The molecular formula is C31H28F2N4O5S. The monoisotopic (exact) mass is 606 g/mol. The van der Waals surface area contributed by atoms with Crippen molar-refractivity contribution in [2.24, 2.45) is 0 Å². The van der Waals surface area contributed by atoms with E-state index in [9.17, 15) is 22.0 Å². The van der Waals surface area contributed by atoms with E-state index in [0.717, 1.165) is 5.56 Å². The Morgan fingerprint density at radius 1 is 1.07 bits per heavy atom. The number of carbonyl (C=O) groups excluding carboxylic acids is 1. The molecule has 12 heteroatoms. The molecule has 0 amide bonds. The van der Waals surface area contributed by atoms with E-state index in [1.807, 2.05) is 6.92 Å². The van der Waals surface area contributed by atoms with Gasteiger partial charge in [-0.1, -0.05) is 18.2 Å². The smallest absolute Gasteiger partial charge is 0.218 e. The predicted molar refractivity (Wildman–Crippen MR) is 157 cm³/mol. The Morgan fingerprint density at radius 2 is 1.84 bits per heavy atom. The summed E-state index contributed by atoms with van der Waals surface area (Å²) in [6, 6.07) is 13.9. The quantitative estimate of drug-likeness (QED) is 0.286. The van der Waals surface area contributed by atoms with Crippen LogP contribution < -0.4 is 10.5 Å². The van der Waals surface area contributed by atoms with Crippen LogP contribution in [0.2, 0.25) is 0 Å². The first-order valence-corrected chi connectivity index (χ1v) is 15.2. The lowest BCUT2D eigenvalue weighted by atomic mass is 10.0. The number of sulfonamides is 1. The van der Waals surface area contributed by atoms with Gasteiger partial charge in [0.1, 0.15) is 17.4 Å². The maximum atomic E-state index is 15.0. The van der Waals surface area contributed by atoms with Crippen molar-refractivity contribution in [2.75, 3.05) is 32.0 Å². The SMILES string of the molecule is Cc1cc(Oc2ccccc2F)ccc1-n1ncc(C(=O)C2=Cc3cc(F)c(CS(=O)(=O)N4CCOCC4)cc3C2)c1N. The largest absolute Gasteiger partial charge is 0.454 e. The number of ketones is 1. The van der Waals surface area contributed by atoms with Crippen molar-refractivity contribution >= 4 is 27.7 Å². The minimum Gasteiger partial charge on any atom is -0.454 e. The number of nitrogens with two attached hydrogens (primary N) is 1. The van der Waals surface area contributed by atoms with Crippen molar-refractivity contribution in [2.45, 2.75) is 19.1 Å². The second-order valence-electron chi connectivity index (χ2n) is 10.4. The lowest BCUT2D eigenvalue weighted by Gasteiger charge is -2.26. The molecule has 1 aromatic heterocycles. The van der Waals surface area contributed by atoms with Crippen molar-refractivity contribution < 1.29 is 31.5 Å². The Kier molecular flexibility index (Phi) is 7.59. The number of nitrogens with zero attached hydrogens (tertiary/aromatic N) is 3. The van der Waals surface area contributed by atoms with E-state index in [2.05, 4.69) is 5.10 Å². The van der Waals surface area contributed by atoms with Crippen molar-refractivity contribution in [3.8, 4) is 17.2 Å². The summed E-state index contributed by atoms with van der Waals surface area (Å²) in [6.07, 6.45) is 3.17. The number of halogens is 2. The molecule has 1 saturated heterocycles. The second kappa shape index (κ2) is 11.4. The Bertz CT molecular complexity index is 1880. The van der Waals surface area contributed by atoms with Gasteiger partial charge in [0.25, 0.3) is 0 Å². The normalized spacial score (nSPS) is 15.3. The van der Waals surface area contributed by atoms with Gasteiger partial charge < -0.3 is 15.2 Å². The maximum Gasteiger partial charge on any atom is 0.218 e. The predicted octanol–water partition coefficient (Wildman–Crippen LogP) is 4.82. The third kappa shape index (κ3) is 5.68. The van der Waals surface area contributed by atoms with Crippen molar-refractivity contribution in [1.82, 2.24) is 14.1 Å². The van der Waals surface area contributed by atoms with Crippen LogP contribution in [0.25, 0.3) is 11.8 Å². The molecule has 0 bridgehead atoms. The summed E-state index contributed by atoms with van der Waals surface area (Å²) in [6.45, 7) is 2.88. The number of nitrogen functional groups attached to an aromatic ring is 1. The van der Waals surface area contributed by atoms with Crippen LogP contribution >= 0.6 is 0 Å². The Hall–Kier alpha value is -4.39. The van der Waals surface area contributed by atoms with Gasteiger partial charge >= 0.3 is 0 Å². The van der Waals surface area contributed by atoms with E-state index in [1.165, 1.54) is 39.4 Å². The second-order valence-corrected chi connectivity index (χ2v) is 12.4. The molecule has 1 aliphatic carbocycles. The highest BCUT2D eigenvalue weighted by Crippen LogP contribution is 2.33. The number of para-hydroxylation sites is 1. The standard InChI is InChI=1S/C31H28F2N4O5S/c1-19-12-24(42-29-5-3-2-4-26(29)32)6-7-28(19)37-31(34)25(17-35-37)30(38)22-13-20-15-23(27(33)16-21(20)14-22)18-43(39,40)36-8-10-41-11-9-36/h2-7,12,14-17H,8-11,13,18,34H2,1H3. The summed E-state index contributed by atoms with van der Waals surface area (Å²) < 4.78 is 68.3. The molecule has 1 fully saturated rings. The molecule has 4 aromatic rings. The highest BCUT2D eigenvalue weighted by molar-refractivity contribution is 7.88. The summed E-state index contributed by atoms with van der Waals surface area (Å²) in [5.41, 5.74) is 9.51. The number of morpholine rings is 1. The van der Waals surface area contributed by atoms with Crippen LogP contribution in [0.5, 0.6) is 11.5 Å². The van der Waals surface area contributed by atoms with Gasteiger partial charge in [0.15, 0.2) is 17.3 Å². The van der Waals surface area contributed by atoms with E-state index in [-0.39, 0.29) is 48.0 Å². The van der Waals surface area contributed by atoms with Crippen LogP contribution in [-0.4, -0.2) is 54.6 Å². The third-order valence-corrected chi connectivity index (χ3v) is 9.35. The van der Waals surface area contributed by atoms with Crippen molar-refractivity contribution in [3.05, 3.63) is 106 Å². The summed E-state index contributed by atoms with van der Waals surface area (Å²) in [5, 5.41) is 4.33. The lowest BCUT2D eigenvalue weighted by molar-refractivity contribution is 0.0729. The zero-order chi connectivity index (χ0) is 30.3. The average molecular weight is 607 g/mol. The molecule has 0 unspecified atom stereocenters. The van der Waals surface area contributed by atoms with Crippen LogP contribution in [0.15, 0.2) is 66.4 Å². The Morgan fingerprint density at radius 3 is 2.58 bits per heavy atom. The lowest BCUT2D eigenvalue weighted by Crippen LogP contribution is -2.41. The summed E-state index contributed by atoms with van der Waals surface area (Å²) in [5.74, 6) is -1.33. The maximum absolute atomic E-state index is 15.0. The number of benzene rings is 3. The molecule has 1 aliphatic heterocycles. The van der Waals surface area contributed by atoms with Gasteiger partial charge in [0.05, 0.1) is 36.4 Å². The van der Waals surface area contributed by atoms with Gasteiger partial charge in [-0.3, -0.25) is 4.79 Å². The molecule has 6 rings (SSSR count). The number of aryl methyl sites for hydroxylation is 1. The number of anilines is 1. The highest BCUT2D eigenvalue weighted by Gasteiger charge is 2.29. The molecule has 222 valence electrons. The van der Waals surface area contributed by atoms with Gasteiger partial charge in [-0.25, -0.2) is 21.9 Å². The van der Waals surface area contributed by atoms with Gasteiger partial charge in [-0.05, 0) is 66.1 Å². The molecule has 0 spiro atoms. The van der Waals surface area contributed by atoms with Gasteiger partial charge in [0.2, 0.25) is 10.0 Å². The first-order chi connectivity index (χ1) is 20.6. The zero-order valence-electron chi connectivity index (χ0n) is 23.2. The third-order valence-electron chi connectivity index (χ3n) is 7.52. The zero-order valence-corrected chi connectivity index (χ0v) is 24.0. The summed E-state index contributed by atoms with van der Waals surface area (Å²) in [7, 11) is -3.73. The molecule has 0 atom stereocenters. The van der Waals surface area contributed by atoms with Crippen molar-refractivity contribution in [3.63, 3.8) is 0 Å². The number of allylic oxidation sites excluding steroid dienone is 1. The van der Waals surface area contributed by atoms with Crippen LogP contribution in [0.4, 0.5) is 14.6 Å². The first kappa shape index (κ1) is 28.7. The van der Waals surface area contributed by atoms with E-state index < -0.39 is 27.4 Å². The van der Waals surface area contributed by atoms with E-state index in [0.29, 0.717) is 41.4 Å². The molecule has 9 nitrogen and oxygen atoms in total. The molecule has 43 heavy (non-hydrogen) atoms. The summed E-state index contributed by atoms with van der Waals surface area (Å²) in [4.78, 5) is 13.5. The molecule has 2 heterocycles. The Balaban J connectivity index is 1.19. The van der Waals surface area contributed by atoms with Gasteiger partial charge in [-0.2, -0.15) is 9.40 Å². The Labute approximate surface area is 247 Å². The molecule has 0 radical (unpaired) electrons. The number of hydrogen-bond acceptors (Lipinski definition) is 7. The minimum absolute atomic E-state index is 0.0533. The van der Waals surface area contributed by atoms with E-state index >= 15 is 0 Å². The van der Waals surface area contributed by atoms with Crippen LogP contribution in [0.3, 0.4) is 0 Å². The number of aromatic nitrogens is 2. The van der Waals surface area contributed by atoms with Gasteiger partial charge in [0, 0.05) is 30.6 Å². The molecule has 2 aliphatic rings. The van der Waals surface area contributed by atoms with Crippen LogP contribution in [0, 0.1) is 18.6 Å². The topological polar surface area (TPSA) is 117 Å². The first-order valence-electron chi connectivity index (χ1n) is 13.6. The van der Waals surface area contributed by atoms with Crippen LogP contribution in [0.1, 0.15) is 32.6 Å². The number of ether oxygens (including phenoxy) is 2. The molecule has 2 N–H and O–H groups in total. The fourth-order valence-corrected chi connectivity index (χ4v) is 6.77. The number of Topliss-reactive ketones (excluding diaryl/α,β-unsaturated/α-hetero) is 1. The fraction of sp³-hybridized carbons (Fsp3) is 0.226. The van der Waals surface area contributed by atoms with Crippen LogP contribution in [-0.2, 0) is 26.9 Å². The molecular weight excluding hydrogens is 578 g/mol.